The molecule has 0 saturated carbocycles. The average Bonchev–Trinajstić information content (AvgIpc) is 2.37. The number of rotatable bonds is 2. The lowest BCUT2D eigenvalue weighted by Crippen LogP contribution is -1.89. The van der Waals surface area contributed by atoms with Crippen molar-refractivity contribution in [2.75, 3.05) is 0 Å². The summed E-state index contributed by atoms with van der Waals surface area (Å²) >= 11 is 1.28. The van der Waals surface area contributed by atoms with Crippen LogP contribution >= 0.6 is 11.3 Å². The summed E-state index contributed by atoms with van der Waals surface area (Å²) in [7, 11) is 0. The van der Waals surface area contributed by atoms with Crippen LogP contribution in [0.2, 0.25) is 0 Å². The topological polar surface area (TPSA) is 37.3 Å². The third-order valence-corrected chi connectivity index (χ3v) is 2.21. The highest BCUT2D eigenvalue weighted by molar-refractivity contribution is 7.14. The first kappa shape index (κ1) is 8.01. The molecule has 0 aliphatic carbocycles. The maximum Gasteiger partial charge on any atom is 0.345 e. The molecule has 0 atom stereocenters. The summed E-state index contributed by atoms with van der Waals surface area (Å²) < 4.78 is 0. The third-order valence-electron chi connectivity index (χ3n) is 1.17. The van der Waals surface area contributed by atoms with E-state index in [0.717, 1.165) is 4.88 Å². The predicted octanol–water partition coefficient (Wildman–Crippen LogP) is 2.48. The van der Waals surface area contributed by atoms with Crippen LogP contribution < -0.4 is 0 Å². The molecule has 1 aromatic rings. The van der Waals surface area contributed by atoms with Crippen molar-refractivity contribution >= 4 is 23.4 Å². The van der Waals surface area contributed by atoms with Crippen molar-refractivity contribution in [1.29, 1.82) is 0 Å². The molecular formula is C8H8O2S. The molecule has 11 heavy (non-hydrogen) atoms. The number of thiophene rings is 1. The van der Waals surface area contributed by atoms with Gasteiger partial charge in [-0.2, -0.15) is 0 Å². The van der Waals surface area contributed by atoms with E-state index in [2.05, 4.69) is 0 Å². The normalized spacial score (nSPS) is 10.6. The zero-order valence-electron chi connectivity index (χ0n) is 6.07. The van der Waals surface area contributed by atoms with Gasteiger partial charge in [0.2, 0.25) is 0 Å². The predicted molar refractivity (Wildman–Crippen MR) is 46.0 cm³/mol. The Morgan fingerprint density at radius 1 is 1.64 bits per heavy atom. The Kier molecular flexibility index (Phi) is 2.44. The molecule has 3 heteroatoms. The van der Waals surface area contributed by atoms with Gasteiger partial charge in [0.25, 0.3) is 0 Å². The summed E-state index contributed by atoms with van der Waals surface area (Å²) in [5.41, 5.74) is 0. The molecule has 0 amide bonds. The van der Waals surface area contributed by atoms with E-state index in [1.165, 1.54) is 11.3 Å². The molecule has 0 radical (unpaired) electrons. The van der Waals surface area contributed by atoms with E-state index in [9.17, 15) is 4.79 Å². The van der Waals surface area contributed by atoms with Crippen LogP contribution in [0.15, 0.2) is 18.2 Å². The highest BCUT2D eigenvalue weighted by Gasteiger charge is 2.03. The molecule has 0 saturated heterocycles. The zero-order valence-corrected chi connectivity index (χ0v) is 6.89. The number of carbonyl (C=O) groups is 1. The SMILES string of the molecule is C/C=C\c1ccc(C(=O)O)s1. The van der Waals surface area contributed by atoms with E-state index >= 15 is 0 Å². The first-order valence-electron chi connectivity index (χ1n) is 3.20. The maximum atomic E-state index is 10.4. The van der Waals surface area contributed by atoms with E-state index in [-0.39, 0.29) is 0 Å². The van der Waals surface area contributed by atoms with Crippen LogP contribution in [0.25, 0.3) is 6.08 Å². The van der Waals surface area contributed by atoms with Gasteiger partial charge in [0.1, 0.15) is 4.88 Å². The van der Waals surface area contributed by atoms with Gasteiger partial charge >= 0.3 is 5.97 Å². The van der Waals surface area contributed by atoms with Crippen LogP contribution in [0.4, 0.5) is 0 Å². The fourth-order valence-corrected chi connectivity index (χ4v) is 1.54. The molecule has 1 rings (SSSR count). The molecule has 0 aliphatic heterocycles. The first-order valence-corrected chi connectivity index (χ1v) is 4.01. The number of carboxylic acids is 1. The first-order chi connectivity index (χ1) is 5.24. The Balaban J connectivity index is 2.90. The molecule has 0 fully saturated rings. The largest absolute Gasteiger partial charge is 0.477 e. The highest BCUT2D eigenvalue weighted by atomic mass is 32.1. The number of hydrogen-bond donors (Lipinski definition) is 1. The van der Waals surface area contributed by atoms with Crippen molar-refractivity contribution in [2.24, 2.45) is 0 Å². The van der Waals surface area contributed by atoms with Gasteiger partial charge in [-0.15, -0.1) is 11.3 Å². The van der Waals surface area contributed by atoms with E-state index in [0.29, 0.717) is 4.88 Å². The fourth-order valence-electron chi connectivity index (χ4n) is 0.722. The van der Waals surface area contributed by atoms with Crippen LogP contribution in [-0.4, -0.2) is 11.1 Å². The van der Waals surface area contributed by atoms with Crippen molar-refractivity contribution in [3.63, 3.8) is 0 Å². The highest BCUT2D eigenvalue weighted by Crippen LogP contribution is 2.17. The number of allylic oxidation sites excluding steroid dienone is 1. The number of aromatic carboxylic acids is 1. The summed E-state index contributed by atoms with van der Waals surface area (Å²) in [6.07, 6.45) is 3.77. The quantitative estimate of drug-likeness (QED) is 0.736. The summed E-state index contributed by atoms with van der Waals surface area (Å²) in [6, 6.07) is 3.41. The molecule has 0 aromatic carbocycles. The minimum absolute atomic E-state index is 0.387. The van der Waals surface area contributed by atoms with Gasteiger partial charge in [-0.3, -0.25) is 0 Å². The maximum absolute atomic E-state index is 10.4. The standard InChI is InChI=1S/C8H8O2S/c1-2-3-6-4-5-7(11-6)8(9)10/h2-5H,1H3,(H,9,10)/b3-2-. The molecule has 0 unspecified atom stereocenters. The molecule has 58 valence electrons. The Morgan fingerprint density at radius 2 is 2.36 bits per heavy atom. The fraction of sp³-hybridized carbons (Fsp3) is 0.125. The van der Waals surface area contributed by atoms with Gasteiger partial charge in [-0.1, -0.05) is 6.08 Å². The Bertz CT molecular complexity index is 286. The minimum atomic E-state index is -0.856. The van der Waals surface area contributed by atoms with Gasteiger partial charge in [0, 0.05) is 4.88 Å². The summed E-state index contributed by atoms with van der Waals surface area (Å²) in [5.74, 6) is -0.856. The number of carboxylic acid groups (broad SMARTS) is 1. The average molecular weight is 168 g/mol. The van der Waals surface area contributed by atoms with Crippen molar-refractivity contribution in [3.8, 4) is 0 Å². The lowest BCUT2D eigenvalue weighted by molar-refractivity contribution is 0.0702. The van der Waals surface area contributed by atoms with Crippen molar-refractivity contribution < 1.29 is 9.90 Å². The summed E-state index contributed by atoms with van der Waals surface area (Å²) in [5, 5.41) is 8.55. The molecular weight excluding hydrogens is 160 g/mol. The third kappa shape index (κ3) is 1.91. The van der Waals surface area contributed by atoms with E-state index in [1.807, 2.05) is 19.1 Å². The second-order valence-corrected chi connectivity index (χ2v) is 3.12. The Morgan fingerprint density at radius 3 is 2.82 bits per heavy atom. The van der Waals surface area contributed by atoms with Crippen molar-refractivity contribution in [3.05, 3.63) is 28.0 Å². The van der Waals surface area contributed by atoms with Gasteiger partial charge < -0.3 is 5.11 Å². The smallest absolute Gasteiger partial charge is 0.345 e. The van der Waals surface area contributed by atoms with E-state index in [1.54, 1.807) is 12.1 Å². The Hall–Kier alpha value is -1.09. The summed E-state index contributed by atoms with van der Waals surface area (Å²) in [4.78, 5) is 11.8. The molecule has 1 heterocycles. The molecule has 1 aromatic heterocycles. The minimum Gasteiger partial charge on any atom is -0.477 e. The van der Waals surface area contributed by atoms with Crippen LogP contribution in [0.5, 0.6) is 0 Å². The summed E-state index contributed by atoms with van der Waals surface area (Å²) in [6.45, 7) is 1.90. The second-order valence-electron chi connectivity index (χ2n) is 2.01. The van der Waals surface area contributed by atoms with Gasteiger partial charge in [0.05, 0.1) is 0 Å². The van der Waals surface area contributed by atoms with Crippen molar-refractivity contribution in [2.45, 2.75) is 6.92 Å². The second kappa shape index (κ2) is 3.34. The molecule has 0 aliphatic rings. The number of hydrogen-bond acceptors (Lipinski definition) is 2. The zero-order chi connectivity index (χ0) is 8.27. The van der Waals surface area contributed by atoms with E-state index < -0.39 is 5.97 Å². The van der Waals surface area contributed by atoms with Crippen LogP contribution in [0.1, 0.15) is 21.5 Å². The van der Waals surface area contributed by atoms with Gasteiger partial charge in [-0.25, -0.2) is 4.79 Å². The van der Waals surface area contributed by atoms with Crippen molar-refractivity contribution in [1.82, 2.24) is 0 Å². The van der Waals surface area contributed by atoms with Crippen LogP contribution in [-0.2, 0) is 0 Å². The van der Waals surface area contributed by atoms with Crippen LogP contribution in [0, 0.1) is 0 Å². The molecule has 1 N–H and O–H groups in total. The molecule has 0 bridgehead atoms. The monoisotopic (exact) mass is 168 g/mol. The lowest BCUT2D eigenvalue weighted by Gasteiger charge is -1.81. The van der Waals surface area contributed by atoms with Gasteiger partial charge in [0.15, 0.2) is 0 Å². The molecule has 2 nitrogen and oxygen atoms in total. The van der Waals surface area contributed by atoms with Crippen LogP contribution in [0.3, 0.4) is 0 Å². The molecule has 0 spiro atoms. The Labute approximate surface area is 68.8 Å². The lowest BCUT2D eigenvalue weighted by atomic mass is 10.4. The van der Waals surface area contributed by atoms with Gasteiger partial charge in [-0.05, 0) is 25.1 Å². The van der Waals surface area contributed by atoms with E-state index in [4.69, 9.17) is 5.11 Å².